The largest absolute Gasteiger partial charge is 0.416 e. The van der Waals surface area contributed by atoms with Crippen molar-refractivity contribution in [2.45, 2.75) is 19.1 Å². The zero-order chi connectivity index (χ0) is 18.7. The number of carbonyl (C=O) groups excluding carboxylic acids is 1. The van der Waals surface area contributed by atoms with Gasteiger partial charge in [-0.2, -0.15) is 13.2 Å². The van der Waals surface area contributed by atoms with Crippen LogP contribution < -0.4 is 5.32 Å². The normalized spacial score (nSPS) is 12.6. The smallest absolute Gasteiger partial charge is 0.342 e. The Kier molecular flexibility index (Phi) is 4.79. The second kappa shape index (κ2) is 7.03. The van der Waals surface area contributed by atoms with E-state index < -0.39 is 23.7 Å². The first-order chi connectivity index (χ1) is 12.3. The highest BCUT2D eigenvalue weighted by molar-refractivity contribution is 5.94. The van der Waals surface area contributed by atoms with Crippen molar-refractivity contribution in [3.63, 3.8) is 0 Å². The van der Waals surface area contributed by atoms with E-state index in [1.165, 1.54) is 0 Å². The summed E-state index contributed by atoms with van der Waals surface area (Å²) in [6.45, 7) is 1.75. The fourth-order valence-corrected chi connectivity index (χ4v) is 2.48. The van der Waals surface area contributed by atoms with E-state index in [1.807, 2.05) is 30.3 Å². The Morgan fingerprint density at radius 1 is 1.08 bits per heavy atom. The van der Waals surface area contributed by atoms with Crippen LogP contribution in [0.25, 0.3) is 11.3 Å². The number of aromatic amines is 1. The molecule has 1 atom stereocenters. The Bertz CT molecular complexity index is 886. The van der Waals surface area contributed by atoms with E-state index in [-0.39, 0.29) is 5.56 Å². The third-order valence-corrected chi connectivity index (χ3v) is 3.91. The molecule has 0 saturated carbocycles. The number of nitrogens with one attached hydrogen (secondary N) is 2. The third kappa shape index (κ3) is 3.93. The van der Waals surface area contributed by atoms with Crippen LogP contribution in [-0.2, 0) is 6.18 Å². The van der Waals surface area contributed by atoms with Crippen LogP contribution in [0.1, 0.15) is 34.7 Å². The van der Waals surface area contributed by atoms with Crippen molar-refractivity contribution in [1.29, 1.82) is 0 Å². The molecule has 3 aromatic rings. The van der Waals surface area contributed by atoms with Gasteiger partial charge in [-0.1, -0.05) is 30.3 Å². The maximum atomic E-state index is 12.6. The van der Waals surface area contributed by atoms with Crippen LogP contribution >= 0.6 is 0 Å². The molecule has 0 bridgehead atoms. The van der Waals surface area contributed by atoms with Crippen LogP contribution in [-0.4, -0.2) is 15.9 Å². The average Bonchev–Trinajstić information content (AvgIpc) is 3.12. The second-order valence-corrected chi connectivity index (χ2v) is 5.82. The number of halogens is 3. The fraction of sp³-hybridized carbons (Fsp3) is 0.158. The van der Waals surface area contributed by atoms with E-state index in [2.05, 4.69) is 15.3 Å². The Morgan fingerprint density at radius 2 is 1.73 bits per heavy atom. The Labute approximate surface area is 148 Å². The summed E-state index contributed by atoms with van der Waals surface area (Å²) >= 11 is 0. The summed E-state index contributed by atoms with van der Waals surface area (Å²) in [4.78, 5) is 19.6. The third-order valence-electron chi connectivity index (χ3n) is 3.91. The number of imidazole rings is 1. The van der Waals surface area contributed by atoms with Crippen LogP contribution in [0.4, 0.5) is 13.2 Å². The molecule has 1 heterocycles. The number of H-pyrrole nitrogens is 1. The minimum absolute atomic E-state index is 0.152. The molecular formula is C19H16F3N3O. The van der Waals surface area contributed by atoms with Gasteiger partial charge in [-0.25, -0.2) is 4.98 Å². The number of rotatable bonds is 4. The number of hydrogen-bond donors (Lipinski definition) is 2. The Morgan fingerprint density at radius 3 is 2.35 bits per heavy atom. The van der Waals surface area contributed by atoms with E-state index in [0.717, 1.165) is 35.5 Å². The zero-order valence-electron chi connectivity index (χ0n) is 13.8. The van der Waals surface area contributed by atoms with Gasteiger partial charge in [0.25, 0.3) is 5.91 Å². The lowest BCUT2D eigenvalue weighted by Gasteiger charge is -2.12. The predicted molar refractivity (Wildman–Crippen MR) is 91.3 cm³/mol. The number of amides is 1. The van der Waals surface area contributed by atoms with Gasteiger partial charge in [0.05, 0.1) is 23.5 Å². The monoisotopic (exact) mass is 359 g/mol. The number of hydrogen-bond acceptors (Lipinski definition) is 2. The van der Waals surface area contributed by atoms with Gasteiger partial charge in [0.1, 0.15) is 5.82 Å². The summed E-state index contributed by atoms with van der Waals surface area (Å²) in [7, 11) is 0. The van der Waals surface area contributed by atoms with Crippen LogP contribution in [0.3, 0.4) is 0 Å². The highest BCUT2D eigenvalue weighted by Crippen LogP contribution is 2.29. The molecular weight excluding hydrogens is 343 g/mol. The van der Waals surface area contributed by atoms with Gasteiger partial charge in [-0.15, -0.1) is 0 Å². The van der Waals surface area contributed by atoms with Crippen LogP contribution in [0.15, 0.2) is 60.8 Å². The maximum absolute atomic E-state index is 12.6. The molecule has 4 nitrogen and oxygen atoms in total. The van der Waals surface area contributed by atoms with E-state index in [9.17, 15) is 18.0 Å². The predicted octanol–water partition coefficient (Wildman–Crippen LogP) is 4.59. The molecule has 1 aromatic heterocycles. The summed E-state index contributed by atoms with van der Waals surface area (Å²) in [5.74, 6) is 0.0907. The lowest BCUT2D eigenvalue weighted by Crippen LogP contribution is -2.27. The van der Waals surface area contributed by atoms with Crippen molar-refractivity contribution in [3.8, 4) is 11.3 Å². The molecule has 0 aliphatic heterocycles. The van der Waals surface area contributed by atoms with Crippen molar-refractivity contribution in [2.24, 2.45) is 0 Å². The van der Waals surface area contributed by atoms with Gasteiger partial charge >= 0.3 is 6.18 Å². The molecule has 0 spiro atoms. The highest BCUT2D eigenvalue weighted by Gasteiger charge is 2.30. The minimum Gasteiger partial charge on any atom is -0.342 e. The van der Waals surface area contributed by atoms with Crippen molar-refractivity contribution in [3.05, 3.63) is 77.7 Å². The van der Waals surface area contributed by atoms with Gasteiger partial charge in [0.2, 0.25) is 0 Å². The Hall–Kier alpha value is -3.09. The highest BCUT2D eigenvalue weighted by atomic mass is 19.4. The van der Waals surface area contributed by atoms with E-state index >= 15 is 0 Å². The van der Waals surface area contributed by atoms with Crippen molar-refractivity contribution in [1.82, 2.24) is 15.3 Å². The Balaban J connectivity index is 1.69. The lowest BCUT2D eigenvalue weighted by atomic mass is 10.1. The summed E-state index contributed by atoms with van der Waals surface area (Å²) in [5, 5.41) is 2.72. The van der Waals surface area contributed by atoms with Gasteiger partial charge in [0, 0.05) is 5.56 Å². The van der Waals surface area contributed by atoms with Crippen LogP contribution in [0, 0.1) is 0 Å². The number of carbonyl (C=O) groups is 1. The maximum Gasteiger partial charge on any atom is 0.416 e. The quantitative estimate of drug-likeness (QED) is 0.716. The first-order valence-corrected chi connectivity index (χ1v) is 7.93. The van der Waals surface area contributed by atoms with Crippen molar-refractivity contribution >= 4 is 5.91 Å². The molecule has 0 fully saturated rings. The summed E-state index contributed by atoms with van der Waals surface area (Å²) in [5.41, 5.74) is 1.14. The minimum atomic E-state index is -4.43. The standard InChI is InChI=1S/C19H16F3N3O/c1-12(17-23-11-16(25-17)13-5-3-2-4-6-13)24-18(26)14-7-9-15(10-8-14)19(20,21)22/h2-12H,1H3,(H,23,25)(H,24,26). The van der Waals surface area contributed by atoms with Gasteiger partial charge in [-0.05, 0) is 36.8 Å². The van der Waals surface area contributed by atoms with Gasteiger partial charge < -0.3 is 10.3 Å². The molecule has 2 N–H and O–H groups in total. The van der Waals surface area contributed by atoms with E-state index in [0.29, 0.717) is 5.82 Å². The molecule has 3 rings (SSSR count). The number of nitrogens with zero attached hydrogens (tertiary/aromatic N) is 1. The number of aromatic nitrogens is 2. The SMILES string of the molecule is CC(NC(=O)c1ccc(C(F)(F)F)cc1)c1ncc(-c2ccccc2)[nH]1. The molecule has 2 aromatic carbocycles. The first kappa shape index (κ1) is 17.7. The van der Waals surface area contributed by atoms with Crippen LogP contribution in [0.2, 0.25) is 0 Å². The molecule has 0 radical (unpaired) electrons. The molecule has 7 heteroatoms. The van der Waals surface area contributed by atoms with E-state index in [1.54, 1.807) is 13.1 Å². The molecule has 0 saturated heterocycles. The number of alkyl halides is 3. The summed E-state index contributed by atoms with van der Waals surface area (Å²) in [6, 6.07) is 13.3. The van der Waals surface area contributed by atoms with Crippen LogP contribution in [0.5, 0.6) is 0 Å². The molecule has 1 amide bonds. The zero-order valence-corrected chi connectivity index (χ0v) is 13.8. The average molecular weight is 359 g/mol. The van der Waals surface area contributed by atoms with Crippen molar-refractivity contribution < 1.29 is 18.0 Å². The number of benzene rings is 2. The van der Waals surface area contributed by atoms with E-state index in [4.69, 9.17) is 0 Å². The lowest BCUT2D eigenvalue weighted by molar-refractivity contribution is -0.137. The van der Waals surface area contributed by atoms with Gasteiger partial charge in [0.15, 0.2) is 0 Å². The fourth-order valence-electron chi connectivity index (χ4n) is 2.48. The molecule has 0 aliphatic rings. The molecule has 1 unspecified atom stereocenters. The molecule has 134 valence electrons. The summed E-state index contributed by atoms with van der Waals surface area (Å²) < 4.78 is 37.7. The van der Waals surface area contributed by atoms with Gasteiger partial charge in [-0.3, -0.25) is 4.79 Å². The first-order valence-electron chi connectivity index (χ1n) is 7.93. The molecule has 26 heavy (non-hydrogen) atoms. The molecule has 0 aliphatic carbocycles. The van der Waals surface area contributed by atoms with Crippen molar-refractivity contribution in [2.75, 3.05) is 0 Å². The summed E-state index contributed by atoms with van der Waals surface area (Å²) in [6.07, 6.45) is -2.75. The second-order valence-electron chi connectivity index (χ2n) is 5.82. The topological polar surface area (TPSA) is 57.8 Å².